The Morgan fingerprint density at radius 3 is 2.56 bits per heavy atom. The van der Waals surface area contributed by atoms with E-state index in [0.29, 0.717) is 12.3 Å². The standard InChI is InChI=1S/C11H18N2O3/c12-5-6-13-9-1-3-11(4-2-9)16-8-10(15)7-14/h1-4,10,13-15H,5-8,12H2. The molecular weight excluding hydrogens is 208 g/mol. The molecule has 0 spiro atoms. The van der Waals surface area contributed by atoms with Crippen molar-refractivity contribution in [2.75, 3.05) is 31.6 Å². The van der Waals surface area contributed by atoms with Gasteiger partial charge in [-0.2, -0.15) is 0 Å². The summed E-state index contributed by atoms with van der Waals surface area (Å²) in [6, 6.07) is 7.33. The van der Waals surface area contributed by atoms with Crippen molar-refractivity contribution in [1.29, 1.82) is 0 Å². The van der Waals surface area contributed by atoms with Crippen molar-refractivity contribution in [1.82, 2.24) is 0 Å². The van der Waals surface area contributed by atoms with Crippen LogP contribution in [0.5, 0.6) is 5.75 Å². The predicted octanol–water partition coefficient (Wildman–Crippen LogP) is -0.211. The van der Waals surface area contributed by atoms with Gasteiger partial charge >= 0.3 is 0 Å². The number of ether oxygens (including phenoxy) is 1. The molecule has 1 atom stereocenters. The highest BCUT2D eigenvalue weighted by molar-refractivity contribution is 5.46. The summed E-state index contributed by atoms with van der Waals surface area (Å²) in [5.74, 6) is 0.658. The van der Waals surface area contributed by atoms with Crippen LogP contribution < -0.4 is 15.8 Å². The maximum absolute atomic E-state index is 9.09. The summed E-state index contributed by atoms with van der Waals surface area (Å²) in [6.45, 7) is 1.10. The van der Waals surface area contributed by atoms with Crippen molar-refractivity contribution >= 4 is 5.69 Å². The van der Waals surface area contributed by atoms with Crippen LogP contribution in [0.3, 0.4) is 0 Å². The molecule has 0 bridgehead atoms. The van der Waals surface area contributed by atoms with Crippen LogP contribution in [0.25, 0.3) is 0 Å². The van der Waals surface area contributed by atoms with Crippen LogP contribution in [-0.4, -0.2) is 42.6 Å². The van der Waals surface area contributed by atoms with Crippen molar-refractivity contribution in [2.24, 2.45) is 5.73 Å². The molecule has 1 unspecified atom stereocenters. The first-order valence-electron chi connectivity index (χ1n) is 5.22. The number of hydrogen-bond acceptors (Lipinski definition) is 5. The SMILES string of the molecule is NCCNc1ccc(OCC(O)CO)cc1. The Hall–Kier alpha value is -1.30. The maximum atomic E-state index is 9.09. The Bertz CT molecular complexity index is 290. The minimum Gasteiger partial charge on any atom is -0.491 e. The fourth-order valence-corrected chi connectivity index (χ4v) is 1.13. The van der Waals surface area contributed by atoms with E-state index in [1.807, 2.05) is 12.1 Å². The minimum absolute atomic E-state index is 0.0894. The second-order valence-electron chi connectivity index (χ2n) is 3.39. The minimum atomic E-state index is -0.838. The normalized spacial score (nSPS) is 12.2. The summed E-state index contributed by atoms with van der Waals surface area (Å²) in [6.07, 6.45) is -0.838. The van der Waals surface area contributed by atoms with E-state index in [9.17, 15) is 0 Å². The number of nitrogens with one attached hydrogen (secondary N) is 1. The van der Waals surface area contributed by atoms with Crippen LogP contribution in [0, 0.1) is 0 Å². The van der Waals surface area contributed by atoms with Crippen LogP contribution in [0.4, 0.5) is 5.69 Å². The van der Waals surface area contributed by atoms with Gasteiger partial charge in [-0.1, -0.05) is 0 Å². The monoisotopic (exact) mass is 226 g/mol. The van der Waals surface area contributed by atoms with E-state index in [2.05, 4.69) is 5.32 Å². The molecule has 90 valence electrons. The molecule has 5 N–H and O–H groups in total. The number of hydrogen-bond donors (Lipinski definition) is 4. The van der Waals surface area contributed by atoms with Gasteiger partial charge in [-0.3, -0.25) is 0 Å². The van der Waals surface area contributed by atoms with Crippen molar-refractivity contribution in [2.45, 2.75) is 6.10 Å². The molecule has 0 heterocycles. The Kier molecular flexibility index (Phi) is 5.63. The van der Waals surface area contributed by atoms with Gasteiger partial charge in [0.15, 0.2) is 0 Å². The number of aliphatic hydroxyl groups is 2. The van der Waals surface area contributed by atoms with Gasteiger partial charge in [-0.25, -0.2) is 0 Å². The molecule has 0 aliphatic heterocycles. The van der Waals surface area contributed by atoms with Crippen molar-refractivity contribution < 1.29 is 14.9 Å². The average Bonchev–Trinajstić information content (AvgIpc) is 2.34. The lowest BCUT2D eigenvalue weighted by atomic mass is 10.3. The summed E-state index contributed by atoms with van der Waals surface area (Å²) in [4.78, 5) is 0. The van der Waals surface area contributed by atoms with Gasteiger partial charge in [0, 0.05) is 18.8 Å². The molecule has 0 aliphatic carbocycles. The third-order valence-electron chi connectivity index (χ3n) is 1.98. The van der Waals surface area contributed by atoms with Crippen LogP contribution in [-0.2, 0) is 0 Å². The lowest BCUT2D eigenvalue weighted by Gasteiger charge is -2.10. The lowest BCUT2D eigenvalue weighted by molar-refractivity contribution is 0.0536. The molecule has 1 rings (SSSR count). The molecule has 0 fully saturated rings. The van der Waals surface area contributed by atoms with Gasteiger partial charge in [-0.05, 0) is 24.3 Å². The quantitative estimate of drug-likeness (QED) is 0.516. The van der Waals surface area contributed by atoms with Crippen LogP contribution in [0.1, 0.15) is 0 Å². The average molecular weight is 226 g/mol. The maximum Gasteiger partial charge on any atom is 0.119 e. The van der Waals surface area contributed by atoms with Crippen LogP contribution in [0.2, 0.25) is 0 Å². The second-order valence-corrected chi connectivity index (χ2v) is 3.39. The highest BCUT2D eigenvalue weighted by atomic mass is 16.5. The summed E-state index contributed by atoms with van der Waals surface area (Å²) < 4.78 is 5.26. The molecule has 1 aromatic rings. The Labute approximate surface area is 94.8 Å². The molecule has 5 heteroatoms. The third kappa shape index (κ3) is 4.48. The highest BCUT2D eigenvalue weighted by Gasteiger charge is 2.02. The zero-order valence-corrected chi connectivity index (χ0v) is 9.10. The van der Waals surface area contributed by atoms with Gasteiger partial charge in [0.25, 0.3) is 0 Å². The van der Waals surface area contributed by atoms with E-state index >= 15 is 0 Å². The third-order valence-corrected chi connectivity index (χ3v) is 1.98. The number of nitrogens with two attached hydrogens (primary N) is 1. The molecule has 0 aliphatic rings. The Balaban J connectivity index is 2.38. The molecule has 0 saturated carbocycles. The fourth-order valence-electron chi connectivity index (χ4n) is 1.13. The number of anilines is 1. The molecule has 16 heavy (non-hydrogen) atoms. The van der Waals surface area contributed by atoms with Gasteiger partial charge in [-0.15, -0.1) is 0 Å². The van der Waals surface area contributed by atoms with E-state index < -0.39 is 6.10 Å². The van der Waals surface area contributed by atoms with Gasteiger partial charge in [0.2, 0.25) is 0 Å². The van der Waals surface area contributed by atoms with E-state index in [1.165, 1.54) is 0 Å². The van der Waals surface area contributed by atoms with Gasteiger partial charge in [0.1, 0.15) is 18.5 Å². The molecule has 1 aromatic carbocycles. The molecule has 0 amide bonds. The van der Waals surface area contributed by atoms with Crippen molar-refractivity contribution in [3.05, 3.63) is 24.3 Å². The molecule has 0 radical (unpaired) electrons. The zero-order valence-electron chi connectivity index (χ0n) is 9.10. The van der Waals surface area contributed by atoms with E-state index in [-0.39, 0.29) is 13.2 Å². The fraction of sp³-hybridized carbons (Fsp3) is 0.455. The topological polar surface area (TPSA) is 87.7 Å². The summed E-state index contributed by atoms with van der Waals surface area (Å²) in [7, 11) is 0. The van der Waals surface area contributed by atoms with E-state index in [1.54, 1.807) is 12.1 Å². The zero-order chi connectivity index (χ0) is 11.8. The summed E-state index contributed by atoms with van der Waals surface area (Å²) >= 11 is 0. The van der Waals surface area contributed by atoms with Gasteiger partial charge < -0.3 is 26.0 Å². The first kappa shape index (κ1) is 12.8. The molecular formula is C11H18N2O3. The number of rotatable bonds is 7. The van der Waals surface area contributed by atoms with Crippen molar-refractivity contribution in [3.63, 3.8) is 0 Å². The summed E-state index contributed by atoms with van der Waals surface area (Å²) in [5, 5.41) is 20.8. The Morgan fingerprint density at radius 2 is 2.00 bits per heavy atom. The van der Waals surface area contributed by atoms with Crippen LogP contribution in [0.15, 0.2) is 24.3 Å². The Morgan fingerprint density at radius 1 is 1.31 bits per heavy atom. The largest absolute Gasteiger partial charge is 0.491 e. The smallest absolute Gasteiger partial charge is 0.119 e. The first-order valence-corrected chi connectivity index (χ1v) is 5.22. The number of benzene rings is 1. The summed E-state index contributed by atoms with van der Waals surface area (Å²) in [5.41, 5.74) is 6.34. The lowest BCUT2D eigenvalue weighted by Crippen LogP contribution is -2.21. The van der Waals surface area contributed by atoms with Crippen LogP contribution >= 0.6 is 0 Å². The number of aliphatic hydroxyl groups excluding tert-OH is 2. The predicted molar refractivity (Wildman–Crippen MR) is 62.6 cm³/mol. The van der Waals surface area contributed by atoms with E-state index in [0.717, 1.165) is 12.2 Å². The van der Waals surface area contributed by atoms with Crippen molar-refractivity contribution in [3.8, 4) is 5.75 Å². The first-order chi connectivity index (χ1) is 7.76. The highest BCUT2D eigenvalue weighted by Crippen LogP contribution is 2.15. The van der Waals surface area contributed by atoms with E-state index in [4.69, 9.17) is 20.7 Å². The molecule has 0 saturated heterocycles. The van der Waals surface area contributed by atoms with Gasteiger partial charge in [0.05, 0.1) is 6.61 Å². The molecule has 0 aromatic heterocycles. The molecule has 5 nitrogen and oxygen atoms in total. The second kappa shape index (κ2) is 7.05.